The van der Waals surface area contributed by atoms with Crippen LogP contribution in [0.5, 0.6) is 0 Å². The third-order valence-electron chi connectivity index (χ3n) is 5.09. The van der Waals surface area contributed by atoms with Crippen molar-refractivity contribution in [2.24, 2.45) is 0 Å². The molecule has 138 valence electrons. The molecule has 3 aromatic rings. The lowest BCUT2D eigenvalue weighted by Gasteiger charge is -2.36. The number of pyridine rings is 1. The van der Waals surface area contributed by atoms with E-state index in [1.807, 2.05) is 59.5 Å². The Labute approximate surface area is 164 Å². The van der Waals surface area contributed by atoms with E-state index in [1.54, 1.807) is 18.5 Å². The van der Waals surface area contributed by atoms with Gasteiger partial charge in [0, 0.05) is 55.4 Å². The van der Waals surface area contributed by atoms with Crippen LogP contribution in [-0.4, -0.2) is 42.0 Å². The number of amides is 1. The minimum Gasteiger partial charge on any atom is -0.368 e. The number of benzene rings is 2. The second-order valence-electron chi connectivity index (χ2n) is 6.69. The molecule has 1 aliphatic heterocycles. The number of rotatable bonds is 3. The molecule has 0 aliphatic carbocycles. The SMILES string of the molecule is N#Cc1ccccc1-c1ccccc1C(=O)N1CCN(c2ccncc2)CC1. The van der Waals surface area contributed by atoms with E-state index in [9.17, 15) is 10.1 Å². The van der Waals surface area contributed by atoms with E-state index in [4.69, 9.17) is 0 Å². The maximum Gasteiger partial charge on any atom is 0.254 e. The lowest BCUT2D eigenvalue weighted by molar-refractivity contribution is 0.0747. The average Bonchev–Trinajstić information content (AvgIpc) is 2.79. The summed E-state index contributed by atoms with van der Waals surface area (Å²) in [6, 6.07) is 21.2. The summed E-state index contributed by atoms with van der Waals surface area (Å²) >= 11 is 0. The third-order valence-corrected chi connectivity index (χ3v) is 5.09. The van der Waals surface area contributed by atoms with Crippen molar-refractivity contribution in [2.75, 3.05) is 31.1 Å². The van der Waals surface area contributed by atoms with E-state index in [2.05, 4.69) is 16.0 Å². The number of carbonyl (C=O) groups is 1. The molecule has 0 unspecified atom stereocenters. The van der Waals surface area contributed by atoms with Gasteiger partial charge in [0.25, 0.3) is 5.91 Å². The summed E-state index contributed by atoms with van der Waals surface area (Å²) in [5.41, 5.74) is 3.95. The van der Waals surface area contributed by atoms with Crippen molar-refractivity contribution >= 4 is 11.6 Å². The van der Waals surface area contributed by atoms with Crippen molar-refractivity contribution in [3.63, 3.8) is 0 Å². The highest BCUT2D eigenvalue weighted by Crippen LogP contribution is 2.28. The van der Waals surface area contributed by atoms with Gasteiger partial charge in [-0.05, 0) is 29.8 Å². The van der Waals surface area contributed by atoms with Crippen LogP contribution >= 0.6 is 0 Å². The molecule has 2 heterocycles. The first-order chi connectivity index (χ1) is 13.8. The van der Waals surface area contributed by atoms with E-state index in [-0.39, 0.29) is 5.91 Å². The van der Waals surface area contributed by atoms with Crippen LogP contribution in [0.25, 0.3) is 11.1 Å². The minimum absolute atomic E-state index is 0.0118. The fourth-order valence-corrected chi connectivity index (χ4v) is 3.61. The summed E-state index contributed by atoms with van der Waals surface area (Å²) in [5.74, 6) is 0.0118. The van der Waals surface area contributed by atoms with Crippen LogP contribution in [0.3, 0.4) is 0 Å². The molecule has 1 aromatic heterocycles. The first-order valence-electron chi connectivity index (χ1n) is 9.30. The highest BCUT2D eigenvalue weighted by atomic mass is 16.2. The highest BCUT2D eigenvalue weighted by Gasteiger charge is 2.24. The first kappa shape index (κ1) is 17.7. The van der Waals surface area contributed by atoms with Crippen LogP contribution in [0.1, 0.15) is 15.9 Å². The van der Waals surface area contributed by atoms with E-state index in [0.717, 1.165) is 29.9 Å². The Morgan fingerprint density at radius 3 is 2.21 bits per heavy atom. The number of nitriles is 1. The van der Waals surface area contributed by atoms with Gasteiger partial charge in [-0.2, -0.15) is 5.26 Å². The Hall–Kier alpha value is -3.65. The monoisotopic (exact) mass is 368 g/mol. The van der Waals surface area contributed by atoms with Crippen molar-refractivity contribution in [3.05, 3.63) is 84.2 Å². The molecule has 28 heavy (non-hydrogen) atoms. The van der Waals surface area contributed by atoms with Gasteiger partial charge in [-0.15, -0.1) is 0 Å². The van der Waals surface area contributed by atoms with Gasteiger partial charge in [0.2, 0.25) is 0 Å². The van der Waals surface area contributed by atoms with Crippen LogP contribution in [-0.2, 0) is 0 Å². The summed E-state index contributed by atoms with van der Waals surface area (Å²) in [7, 11) is 0. The number of aromatic nitrogens is 1. The van der Waals surface area contributed by atoms with E-state index < -0.39 is 0 Å². The molecule has 0 saturated carbocycles. The number of piperazine rings is 1. The zero-order valence-electron chi connectivity index (χ0n) is 15.5. The fourth-order valence-electron chi connectivity index (χ4n) is 3.61. The van der Waals surface area contributed by atoms with Crippen LogP contribution in [0.2, 0.25) is 0 Å². The zero-order chi connectivity index (χ0) is 19.3. The lowest BCUT2D eigenvalue weighted by Crippen LogP contribution is -2.48. The minimum atomic E-state index is 0.0118. The number of hydrogen-bond acceptors (Lipinski definition) is 4. The van der Waals surface area contributed by atoms with Crippen LogP contribution in [0.4, 0.5) is 5.69 Å². The number of carbonyl (C=O) groups excluding carboxylic acids is 1. The molecule has 1 aliphatic rings. The molecular formula is C23H20N4O. The largest absolute Gasteiger partial charge is 0.368 e. The summed E-state index contributed by atoms with van der Waals surface area (Å²) in [6.45, 7) is 2.89. The molecule has 1 amide bonds. The zero-order valence-corrected chi connectivity index (χ0v) is 15.5. The summed E-state index contributed by atoms with van der Waals surface area (Å²) in [4.78, 5) is 21.5. The van der Waals surface area contributed by atoms with E-state index in [1.165, 1.54) is 0 Å². The Kier molecular flexibility index (Phi) is 5.03. The second kappa shape index (κ2) is 7.93. The fraction of sp³-hybridized carbons (Fsp3) is 0.174. The Bertz CT molecular complexity index is 1020. The molecule has 1 fully saturated rings. The van der Waals surface area contributed by atoms with Gasteiger partial charge in [-0.3, -0.25) is 9.78 Å². The van der Waals surface area contributed by atoms with Gasteiger partial charge >= 0.3 is 0 Å². The van der Waals surface area contributed by atoms with Gasteiger partial charge in [0.15, 0.2) is 0 Å². The number of hydrogen-bond donors (Lipinski definition) is 0. The molecule has 0 bridgehead atoms. The van der Waals surface area contributed by atoms with Gasteiger partial charge in [0.1, 0.15) is 0 Å². The van der Waals surface area contributed by atoms with Gasteiger partial charge < -0.3 is 9.80 Å². The van der Waals surface area contributed by atoms with Crippen molar-refractivity contribution in [3.8, 4) is 17.2 Å². The lowest BCUT2D eigenvalue weighted by atomic mass is 9.95. The van der Waals surface area contributed by atoms with Crippen molar-refractivity contribution in [1.82, 2.24) is 9.88 Å². The molecule has 0 radical (unpaired) electrons. The molecule has 0 spiro atoms. The number of anilines is 1. The Morgan fingerprint density at radius 1 is 0.857 bits per heavy atom. The molecule has 1 saturated heterocycles. The molecule has 5 nitrogen and oxygen atoms in total. The maximum absolute atomic E-state index is 13.3. The highest BCUT2D eigenvalue weighted by molar-refractivity contribution is 6.01. The predicted molar refractivity (Wildman–Crippen MR) is 109 cm³/mol. The van der Waals surface area contributed by atoms with Crippen molar-refractivity contribution in [1.29, 1.82) is 5.26 Å². The molecule has 2 aromatic carbocycles. The second-order valence-corrected chi connectivity index (χ2v) is 6.69. The van der Waals surface area contributed by atoms with Crippen LogP contribution in [0.15, 0.2) is 73.1 Å². The average molecular weight is 368 g/mol. The van der Waals surface area contributed by atoms with Gasteiger partial charge in [-0.25, -0.2) is 0 Å². The van der Waals surface area contributed by atoms with E-state index >= 15 is 0 Å². The Balaban J connectivity index is 1.56. The molecule has 0 N–H and O–H groups in total. The third kappa shape index (κ3) is 3.45. The number of nitrogens with zero attached hydrogens (tertiary/aromatic N) is 4. The smallest absolute Gasteiger partial charge is 0.254 e. The summed E-state index contributed by atoms with van der Waals surface area (Å²) in [6.07, 6.45) is 3.57. The molecule has 4 rings (SSSR count). The predicted octanol–water partition coefficient (Wildman–Crippen LogP) is 3.58. The maximum atomic E-state index is 13.3. The van der Waals surface area contributed by atoms with Crippen molar-refractivity contribution < 1.29 is 4.79 Å². The molecule has 5 heteroatoms. The normalized spacial score (nSPS) is 13.8. The van der Waals surface area contributed by atoms with Crippen LogP contribution in [0, 0.1) is 11.3 Å². The van der Waals surface area contributed by atoms with Gasteiger partial charge in [-0.1, -0.05) is 36.4 Å². The van der Waals surface area contributed by atoms with Gasteiger partial charge in [0.05, 0.1) is 11.6 Å². The molecular weight excluding hydrogens is 348 g/mol. The standard InChI is InChI=1S/C23H20N4O/c24-17-18-5-1-2-6-20(18)21-7-3-4-8-22(21)23(28)27-15-13-26(14-16-27)19-9-11-25-12-10-19/h1-12H,13-16H2. The Morgan fingerprint density at radius 2 is 1.50 bits per heavy atom. The molecule has 0 atom stereocenters. The first-order valence-corrected chi connectivity index (χ1v) is 9.30. The summed E-state index contributed by atoms with van der Waals surface area (Å²) < 4.78 is 0. The van der Waals surface area contributed by atoms with Crippen molar-refractivity contribution in [2.45, 2.75) is 0 Å². The quantitative estimate of drug-likeness (QED) is 0.709. The van der Waals surface area contributed by atoms with E-state index in [0.29, 0.717) is 24.2 Å². The van der Waals surface area contributed by atoms with Crippen LogP contribution < -0.4 is 4.90 Å². The topological polar surface area (TPSA) is 60.2 Å². The summed E-state index contributed by atoms with van der Waals surface area (Å²) in [5, 5.41) is 9.44.